The van der Waals surface area contributed by atoms with Crippen LogP contribution in [0.5, 0.6) is 0 Å². The van der Waals surface area contributed by atoms with Crippen LogP contribution in [0.4, 0.5) is 44.4 Å². The average molecular weight is 541 g/mol. The molecule has 3 aliphatic rings. The van der Waals surface area contributed by atoms with Gasteiger partial charge in [-0.2, -0.15) is 8.78 Å². The van der Waals surface area contributed by atoms with Crippen molar-refractivity contribution in [3.63, 3.8) is 0 Å². The predicted octanol–water partition coefficient (Wildman–Crippen LogP) is 1.97. The number of carbonyl (C=O) groups excluding carboxylic acids is 3. The number of hydrazine groups is 1. The first-order valence-corrected chi connectivity index (χ1v) is 11.6. The highest BCUT2D eigenvalue weighted by Crippen LogP contribution is 2.46. The number of urea groups is 1. The number of alkyl halides is 2. The summed E-state index contributed by atoms with van der Waals surface area (Å²) in [5.41, 5.74) is 1.78. The van der Waals surface area contributed by atoms with E-state index in [1.807, 2.05) is 0 Å². The molecule has 1 aliphatic carbocycles. The second-order valence-electron chi connectivity index (χ2n) is 9.15. The third-order valence-corrected chi connectivity index (χ3v) is 6.49. The van der Waals surface area contributed by atoms with Gasteiger partial charge < -0.3 is 19.5 Å². The number of anilines is 3. The summed E-state index contributed by atoms with van der Waals surface area (Å²) in [6.07, 6.45) is -4.02. The van der Waals surface area contributed by atoms with Crippen molar-refractivity contribution in [2.75, 3.05) is 47.8 Å². The lowest BCUT2D eigenvalue weighted by atomic mass is 10.2. The molecule has 1 saturated carbocycles. The molecule has 4 amide bonds. The van der Waals surface area contributed by atoms with E-state index in [0.29, 0.717) is 5.69 Å². The van der Waals surface area contributed by atoms with Crippen LogP contribution in [0.2, 0.25) is 0 Å². The van der Waals surface area contributed by atoms with Gasteiger partial charge >= 0.3 is 18.5 Å². The first kappa shape index (κ1) is 25.6. The summed E-state index contributed by atoms with van der Waals surface area (Å²) in [6, 6.07) is 2.13. The minimum absolute atomic E-state index is 0.0757. The van der Waals surface area contributed by atoms with E-state index in [2.05, 4.69) is 21.2 Å². The molecule has 38 heavy (non-hydrogen) atoms. The lowest BCUT2D eigenvalue weighted by molar-refractivity contribution is -0.132. The minimum Gasteiger partial charge on any atom is -0.438 e. The average Bonchev–Trinajstić information content (AvgIpc) is 3.27. The summed E-state index contributed by atoms with van der Waals surface area (Å²) >= 11 is 0. The summed E-state index contributed by atoms with van der Waals surface area (Å²) in [5.74, 6) is -3.22. The molecule has 3 N–H and O–H groups in total. The Hall–Kier alpha value is -4.08. The summed E-state index contributed by atoms with van der Waals surface area (Å²) < 4.78 is 65.6. The van der Waals surface area contributed by atoms with E-state index < -0.39 is 47.7 Å². The van der Waals surface area contributed by atoms with Crippen LogP contribution in [0.15, 0.2) is 22.7 Å². The normalized spacial score (nSPS) is 23.1. The molecule has 1 aromatic carbocycles. The quantitative estimate of drug-likeness (QED) is 0.490. The highest BCUT2D eigenvalue weighted by molar-refractivity contribution is 5.92. The molecule has 2 aliphatic heterocycles. The van der Waals surface area contributed by atoms with Crippen LogP contribution < -0.4 is 25.9 Å². The number of rotatable bonds is 5. The molecule has 16 heteroatoms. The van der Waals surface area contributed by atoms with Crippen LogP contribution in [-0.4, -0.2) is 79.0 Å². The zero-order valence-electron chi connectivity index (χ0n) is 20.0. The number of nitrogens with one attached hydrogen (secondary N) is 3. The van der Waals surface area contributed by atoms with E-state index in [4.69, 9.17) is 9.26 Å². The van der Waals surface area contributed by atoms with E-state index in [0.717, 1.165) is 17.0 Å². The fraction of sp³-hybridized carbons (Fsp3) is 0.455. The van der Waals surface area contributed by atoms with Gasteiger partial charge in [0, 0.05) is 44.3 Å². The van der Waals surface area contributed by atoms with Crippen molar-refractivity contribution < 1.29 is 41.2 Å². The van der Waals surface area contributed by atoms with Gasteiger partial charge in [0.25, 0.3) is 5.91 Å². The minimum atomic E-state index is -3.22. The molecule has 3 heterocycles. The van der Waals surface area contributed by atoms with Crippen molar-refractivity contribution in [3.8, 4) is 0 Å². The Kier molecular flexibility index (Phi) is 6.50. The number of nitrogens with zero attached hydrogens (tertiary/aromatic N) is 4. The van der Waals surface area contributed by atoms with E-state index in [-0.39, 0.29) is 56.4 Å². The van der Waals surface area contributed by atoms with Crippen molar-refractivity contribution >= 4 is 35.3 Å². The summed E-state index contributed by atoms with van der Waals surface area (Å²) in [4.78, 5) is 38.6. The first-order valence-electron chi connectivity index (χ1n) is 11.6. The zero-order chi connectivity index (χ0) is 27.2. The Balaban J connectivity index is 1.24. The molecular weight excluding hydrogens is 518 g/mol. The molecular formula is C22H23F4N7O5. The second kappa shape index (κ2) is 9.66. The van der Waals surface area contributed by atoms with Crippen LogP contribution in [0, 0.1) is 18.6 Å². The number of carbonyl (C=O) groups is 3. The van der Waals surface area contributed by atoms with Crippen molar-refractivity contribution in [1.29, 1.82) is 0 Å². The maximum atomic E-state index is 15.2. The number of hydrogen-bond donors (Lipinski definition) is 3. The molecule has 2 saturated heterocycles. The monoisotopic (exact) mass is 541 g/mol. The second-order valence-corrected chi connectivity index (χ2v) is 9.15. The number of aromatic nitrogens is 1. The number of hydrogen-bond acceptors (Lipinski definition) is 8. The third-order valence-electron chi connectivity index (χ3n) is 6.49. The van der Waals surface area contributed by atoms with Gasteiger partial charge in [-0.05, 0) is 6.92 Å². The molecule has 12 nitrogen and oxygen atoms in total. The van der Waals surface area contributed by atoms with Gasteiger partial charge in [0.2, 0.25) is 5.88 Å². The maximum absolute atomic E-state index is 15.2. The zero-order valence-corrected chi connectivity index (χ0v) is 20.0. The smallest absolute Gasteiger partial charge is 0.415 e. The summed E-state index contributed by atoms with van der Waals surface area (Å²) in [6.45, 7) is 2.05. The largest absolute Gasteiger partial charge is 0.438 e. The summed E-state index contributed by atoms with van der Waals surface area (Å²) in [5, 5.41) is 9.55. The Morgan fingerprint density at radius 2 is 1.92 bits per heavy atom. The van der Waals surface area contributed by atoms with E-state index in [1.165, 1.54) is 16.0 Å². The van der Waals surface area contributed by atoms with Gasteiger partial charge in [0.1, 0.15) is 5.69 Å². The van der Waals surface area contributed by atoms with Crippen LogP contribution in [0.25, 0.3) is 0 Å². The van der Waals surface area contributed by atoms with Crippen LogP contribution in [-0.2, 0) is 9.53 Å². The molecule has 3 fully saturated rings. The van der Waals surface area contributed by atoms with Crippen molar-refractivity contribution in [2.24, 2.45) is 0 Å². The van der Waals surface area contributed by atoms with Gasteiger partial charge in [-0.15, -0.1) is 0 Å². The number of aryl methyl sites for hydroxylation is 1. The first-order chi connectivity index (χ1) is 18.1. The van der Waals surface area contributed by atoms with Crippen LogP contribution >= 0.6 is 0 Å². The fourth-order valence-electron chi connectivity index (χ4n) is 4.52. The SMILES string of the molecule is Cc1cc(NC(=O)N2CCN(c3c(F)cc(N4C[C@]5(C[C@@H]5NC(=O)C(F)F)OC4=O)cc3F)CCN2)on1. The lowest BCUT2D eigenvalue weighted by Crippen LogP contribution is -2.45. The molecule has 204 valence electrons. The fourth-order valence-corrected chi connectivity index (χ4v) is 4.52. The number of benzene rings is 1. The molecule has 0 unspecified atom stereocenters. The highest BCUT2D eigenvalue weighted by atomic mass is 19.3. The van der Waals surface area contributed by atoms with Crippen molar-refractivity contribution in [2.45, 2.75) is 31.4 Å². The third kappa shape index (κ3) is 4.90. The molecule has 1 aromatic heterocycles. The molecule has 2 aromatic rings. The van der Waals surface area contributed by atoms with E-state index in [1.54, 1.807) is 6.92 Å². The molecule has 2 atom stereocenters. The summed E-state index contributed by atoms with van der Waals surface area (Å²) in [7, 11) is 0. The lowest BCUT2D eigenvalue weighted by Gasteiger charge is -2.25. The van der Waals surface area contributed by atoms with Gasteiger partial charge in [-0.3, -0.25) is 20.0 Å². The topological polar surface area (TPSA) is 132 Å². The molecule has 5 rings (SSSR count). The van der Waals surface area contributed by atoms with E-state index >= 15 is 8.78 Å². The highest BCUT2D eigenvalue weighted by Gasteiger charge is 2.64. The maximum Gasteiger partial charge on any atom is 0.415 e. The number of halogens is 4. The molecule has 0 bridgehead atoms. The Bertz CT molecular complexity index is 1250. The number of amides is 4. The molecule has 0 radical (unpaired) electrons. The Morgan fingerprint density at radius 3 is 2.58 bits per heavy atom. The van der Waals surface area contributed by atoms with Crippen LogP contribution in [0.3, 0.4) is 0 Å². The van der Waals surface area contributed by atoms with Crippen molar-refractivity contribution in [3.05, 3.63) is 35.5 Å². The van der Waals surface area contributed by atoms with Gasteiger partial charge in [0.05, 0.1) is 30.5 Å². The molecule has 1 spiro atoms. The van der Waals surface area contributed by atoms with Gasteiger partial charge in [-0.1, -0.05) is 5.16 Å². The Morgan fingerprint density at radius 1 is 1.18 bits per heavy atom. The van der Waals surface area contributed by atoms with Crippen molar-refractivity contribution in [1.82, 2.24) is 20.9 Å². The standard InChI is InChI=1S/C22H23F4N7O5/c1-11-6-16(38-30-11)29-20(35)33-5-4-31(3-2-27-33)17-13(23)7-12(8-14(17)24)32-10-22(37-21(32)36)9-15(22)28-19(34)18(25)26/h6-8,15,18,27H,2-5,9-10H2,1H3,(H,28,34)(H,29,35)/t15-,22-/m0/s1. The van der Waals surface area contributed by atoms with Crippen LogP contribution in [0.1, 0.15) is 12.1 Å². The van der Waals surface area contributed by atoms with Gasteiger partial charge in [-0.25, -0.2) is 23.8 Å². The Labute approximate surface area is 212 Å². The predicted molar refractivity (Wildman–Crippen MR) is 123 cm³/mol. The van der Waals surface area contributed by atoms with Gasteiger partial charge in [0.15, 0.2) is 17.2 Å². The van der Waals surface area contributed by atoms with E-state index in [9.17, 15) is 23.2 Å². The number of ether oxygens (including phenoxy) is 1.